The molecule has 3 atom stereocenters. The molecule has 2 aromatic carbocycles. The summed E-state index contributed by atoms with van der Waals surface area (Å²) in [6, 6.07) is 11.3. The summed E-state index contributed by atoms with van der Waals surface area (Å²) >= 11 is 0. The zero-order chi connectivity index (χ0) is 24.3. The summed E-state index contributed by atoms with van der Waals surface area (Å²) in [5.74, 6) is 0.850. The molecule has 1 N–H and O–H groups in total. The Balaban J connectivity index is 2.20. The SMILES string of the molecule is COC(=O)C1=C(C)[C@H](O)[C@@H](C)[C@](C)(c2cc(OC)c(C)c(OC)c2COc2ccccc2)O1. The number of benzene rings is 2. The van der Waals surface area contributed by atoms with Crippen molar-refractivity contribution in [1.29, 1.82) is 0 Å². The van der Waals surface area contributed by atoms with Gasteiger partial charge in [0.2, 0.25) is 5.76 Å². The Kier molecular flexibility index (Phi) is 7.22. The Hall–Kier alpha value is -3.19. The summed E-state index contributed by atoms with van der Waals surface area (Å²) < 4.78 is 28.7. The number of para-hydroxylation sites is 1. The van der Waals surface area contributed by atoms with E-state index >= 15 is 0 Å². The van der Waals surface area contributed by atoms with Crippen LogP contribution in [0.15, 0.2) is 47.7 Å². The summed E-state index contributed by atoms with van der Waals surface area (Å²) in [6.45, 7) is 7.47. The first-order valence-corrected chi connectivity index (χ1v) is 10.8. The number of methoxy groups -OCH3 is 3. The molecule has 0 bridgehead atoms. The summed E-state index contributed by atoms with van der Waals surface area (Å²) in [6.07, 6.45) is -0.918. The predicted octanol–water partition coefficient (Wildman–Crippen LogP) is 4.28. The van der Waals surface area contributed by atoms with E-state index < -0.39 is 23.6 Å². The minimum absolute atomic E-state index is 0.000892. The van der Waals surface area contributed by atoms with Gasteiger partial charge in [0.25, 0.3) is 0 Å². The summed E-state index contributed by atoms with van der Waals surface area (Å²) in [7, 11) is 4.45. The lowest BCUT2D eigenvalue weighted by Gasteiger charge is -2.44. The number of rotatable bonds is 7. The highest BCUT2D eigenvalue weighted by molar-refractivity contribution is 5.87. The molecule has 0 saturated carbocycles. The lowest BCUT2D eigenvalue weighted by atomic mass is 9.74. The molecule has 1 heterocycles. The topological polar surface area (TPSA) is 83.5 Å². The third-order valence-corrected chi connectivity index (χ3v) is 6.50. The second-order valence-corrected chi connectivity index (χ2v) is 8.31. The number of hydrogen-bond acceptors (Lipinski definition) is 7. The zero-order valence-electron chi connectivity index (χ0n) is 20.2. The van der Waals surface area contributed by atoms with Gasteiger partial charge in [-0.2, -0.15) is 0 Å². The van der Waals surface area contributed by atoms with Gasteiger partial charge in [-0.1, -0.05) is 25.1 Å². The Morgan fingerprint density at radius 2 is 1.79 bits per heavy atom. The average molecular weight is 457 g/mol. The number of aliphatic hydroxyl groups is 1. The van der Waals surface area contributed by atoms with Crippen LogP contribution in [0.4, 0.5) is 0 Å². The molecule has 0 spiro atoms. The molecule has 0 saturated heterocycles. The van der Waals surface area contributed by atoms with Crippen molar-refractivity contribution in [2.45, 2.75) is 46.0 Å². The maximum Gasteiger partial charge on any atom is 0.373 e. The number of ether oxygens (including phenoxy) is 5. The maximum absolute atomic E-state index is 12.5. The lowest BCUT2D eigenvalue weighted by molar-refractivity contribution is -0.152. The Labute approximate surface area is 194 Å². The first kappa shape index (κ1) is 24.5. The van der Waals surface area contributed by atoms with Crippen LogP contribution in [0.1, 0.15) is 37.5 Å². The molecule has 2 aromatic rings. The van der Waals surface area contributed by atoms with Crippen LogP contribution in [-0.2, 0) is 26.5 Å². The minimum Gasteiger partial charge on any atom is -0.496 e. The first-order chi connectivity index (χ1) is 15.7. The van der Waals surface area contributed by atoms with Crippen molar-refractivity contribution in [2.75, 3.05) is 21.3 Å². The van der Waals surface area contributed by atoms with E-state index in [0.717, 1.165) is 11.1 Å². The van der Waals surface area contributed by atoms with Crippen LogP contribution in [0.3, 0.4) is 0 Å². The Bertz CT molecular complexity index is 1040. The smallest absolute Gasteiger partial charge is 0.373 e. The molecule has 3 rings (SSSR count). The fourth-order valence-corrected chi connectivity index (χ4v) is 4.33. The fourth-order valence-electron chi connectivity index (χ4n) is 4.33. The summed E-state index contributed by atoms with van der Waals surface area (Å²) in [4.78, 5) is 12.5. The maximum atomic E-state index is 12.5. The zero-order valence-corrected chi connectivity index (χ0v) is 20.2. The molecule has 7 heteroatoms. The van der Waals surface area contributed by atoms with Crippen molar-refractivity contribution in [2.24, 2.45) is 5.92 Å². The molecule has 0 aliphatic carbocycles. The van der Waals surface area contributed by atoms with E-state index in [2.05, 4.69) is 0 Å². The second-order valence-electron chi connectivity index (χ2n) is 8.31. The minimum atomic E-state index is -1.11. The number of aliphatic hydroxyl groups excluding tert-OH is 1. The fraction of sp³-hybridized carbons (Fsp3) is 0.423. The van der Waals surface area contributed by atoms with Crippen molar-refractivity contribution in [3.8, 4) is 17.2 Å². The van der Waals surface area contributed by atoms with E-state index in [1.165, 1.54) is 7.11 Å². The van der Waals surface area contributed by atoms with Gasteiger partial charge in [0.15, 0.2) is 0 Å². The monoisotopic (exact) mass is 456 g/mol. The van der Waals surface area contributed by atoms with E-state index in [4.69, 9.17) is 23.7 Å². The molecular formula is C26H32O7. The quantitative estimate of drug-likeness (QED) is 0.623. The van der Waals surface area contributed by atoms with Gasteiger partial charge in [-0.05, 0) is 39.0 Å². The number of carbonyl (C=O) groups excluding carboxylic acids is 1. The predicted molar refractivity (Wildman–Crippen MR) is 123 cm³/mol. The van der Waals surface area contributed by atoms with Gasteiger partial charge in [0.05, 0.1) is 27.4 Å². The normalized spacial score (nSPS) is 22.4. The first-order valence-electron chi connectivity index (χ1n) is 10.8. The Morgan fingerprint density at radius 1 is 1.12 bits per heavy atom. The van der Waals surface area contributed by atoms with E-state index in [1.807, 2.05) is 57.2 Å². The van der Waals surface area contributed by atoms with Crippen LogP contribution in [0, 0.1) is 12.8 Å². The van der Waals surface area contributed by atoms with Crippen LogP contribution < -0.4 is 14.2 Å². The lowest BCUT2D eigenvalue weighted by Crippen LogP contribution is -2.46. The van der Waals surface area contributed by atoms with Gasteiger partial charge in [-0.3, -0.25) is 0 Å². The molecular weight excluding hydrogens is 424 g/mol. The van der Waals surface area contributed by atoms with E-state index in [9.17, 15) is 9.90 Å². The third-order valence-electron chi connectivity index (χ3n) is 6.50. The van der Waals surface area contributed by atoms with Crippen LogP contribution >= 0.6 is 0 Å². The van der Waals surface area contributed by atoms with Gasteiger partial charge in [-0.15, -0.1) is 0 Å². The molecule has 0 unspecified atom stereocenters. The van der Waals surface area contributed by atoms with Gasteiger partial charge in [0.1, 0.15) is 29.5 Å². The van der Waals surface area contributed by atoms with Crippen molar-refractivity contribution in [3.05, 3.63) is 64.4 Å². The third kappa shape index (κ3) is 4.37. The van der Waals surface area contributed by atoms with Gasteiger partial charge >= 0.3 is 5.97 Å². The molecule has 33 heavy (non-hydrogen) atoms. The molecule has 0 amide bonds. The molecule has 0 radical (unpaired) electrons. The number of esters is 1. The van der Waals surface area contributed by atoms with Gasteiger partial charge in [-0.25, -0.2) is 4.79 Å². The Morgan fingerprint density at radius 3 is 2.36 bits per heavy atom. The molecule has 1 aliphatic rings. The second kappa shape index (κ2) is 9.75. The van der Waals surface area contributed by atoms with Crippen LogP contribution in [0.5, 0.6) is 17.2 Å². The van der Waals surface area contributed by atoms with Crippen molar-refractivity contribution in [3.63, 3.8) is 0 Å². The van der Waals surface area contributed by atoms with Crippen molar-refractivity contribution < 1.29 is 33.6 Å². The highest BCUT2D eigenvalue weighted by atomic mass is 16.6. The van der Waals surface area contributed by atoms with Crippen molar-refractivity contribution in [1.82, 2.24) is 0 Å². The van der Waals surface area contributed by atoms with Crippen molar-refractivity contribution >= 4 is 5.97 Å². The molecule has 1 aliphatic heterocycles. The standard InChI is InChI=1S/C26H32O7/c1-15-21(29-5)13-20(19(23(15)30-6)14-32-18-11-9-8-10-12-18)26(4)17(3)22(27)16(2)24(33-26)25(28)31-7/h8-13,17,22,27H,14H2,1-7H3/t17-,22+,26-/m1/s1. The summed E-state index contributed by atoms with van der Waals surface area (Å²) in [5, 5.41) is 11.0. The van der Waals surface area contributed by atoms with Crippen LogP contribution in [0.25, 0.3) is 0 Å². The largest absolute Gasteiger partial charge is 0.496 e. The van der Waals surface area contributed by atoms with Gasteiger partial charge in [0, 0.05) is 28.2 Å². The number of hydrogen-bond donors (Lipinski definition) is 1. The average Bonchev–Trinajstić information content (AvgIpc) is 2.83. The molecule has 0 fully saturated rings. The molecule has 0 aromatic heterocycles. The highest BCUT2D eigenvalue weighted by Crippen LogP contribution is 2.49. The summed E-state index contributed by atoms with van der Waals surface area (Å²) in [5.41, 5.74) is 1.57. The van der Waals surface area contributed by atoms with Gasteiger partial charge < -0.3 is 28.8 Å². The van der Waals surface area contributed by atoms with Crippen LogP contribution in [-0.4, -0.2) is 38.5 Å². The molecule has 178 valence electrons. The van der Waals surface area contributed by atoms with E-state index in [0.29, 0.717) is 28.4 Å². The van der Waals surface area contributed by atoms with E-state index in [-0.39, 0.29) is 12.4 Å². The number of carbonyl (C=O) groups is 1. The highest BCUT2D eigenvalue weighted by Gasteiger charge is 2.48. The van der Waals surface area contributed by atoms with E-state index in [1.54, 1.807) is 21.1 Å². The van der Waals surface area contributed by atoms with Crippen LogP contribution in [0.2, 0.25) is 0 Å². The molecule has 7 nitrogen and oxygen atoms in total.